The summed E-state index contributed by atoms with van der Waals surface area (Å²) in [7, 11) is 0. The quantitative estimate of drug-likeness (QED) is 0.0880. The number of ether oxygens (including phenoxy) is 2. The second-order valence-corrected chi connectivity index (χ2v) is 10.2. The summed E-state index contributed by atoms with van der Waals surface area (Å²) in [6, 6.07) is 0. The third-order valence-corrected chi connectivity index (χ3v) is 7.14. The van der Waals surface area contributed by atoms with Gasteiger partial charge in [0.2, 0.25) is 0 Å². The van der Waals surface area contributed by atoms with Gasteiger partial charge in [-0.05, 0) is 57.6 Å². The second-order valence-electron chi connectivity index (χ2n) is 3.36. The Morgan fingerprint density at radius 2 is 2.28 bits per heavy atom. The van der Waals surface area contributed by atoms with Crippen LogP contribution in [-0.2, 0) is 14.3 Å². The van der Waals surface area contributed by atoms with Crippen molar-refractivity contribution in [3.63, 3.8) is 0 Å². The first kappa shape index (κ1) is 18.4. The molecule has 0 heterocycles. The first-order valence-corrected chi connectivity index (χ1v) is 7.74. The van der Waals surface area contributed by atoms with E-state index >= 15 is 0 Å². The highest BCUT2D eigenvalue weighted by molar-refractivity contribution is 14.2. The summed E-state index contributed by atoms with van der Waals surface area (Å²) < 4.78 is 8.98. The van der Waals surface area contributed by atoms with Gasteiger partial charge in [0.15, 0.2) is 1.61 Å². The number of azide groups is 1. The molecule has 0 saturated heterocycles. The molecule has 0 N–H and O–H groups in total. The van der Waals surface area contributed by atoms with Gasteiger partial charge in [-0.15, -0.1) is 0 Å². The van der Waals surface area contributed by atoms with Crippen molar-refractivity contribution in [1.29, 1.82) is 0 Å². The number of hydrogen-bond acceptors (Lipinski definition) is 4. The molecule has 0 amide bonds. The lowest BCUT2D eigenvalue weighted by Gasteiger charge is -2.35. The number of esters is 1. The van der Waals surface area contributed by atoms with Crippen LogP contribution >= 0.6 is 61.1 Å². The maximum atomic E-state index is 11.1. The van der Waals surface area contributed by atoms with Gasteiger partial charge in [-0.25, -0.2) is 0 Å². The molecular weight excluding hydrogens is 532 g/mol. The van der Waals surface area contributed by atoms with Crippen LogP contribution in [0, 0.1) is 0 Å². The fraction of sp³-hybridized carbons (Fsp3) is 0.667. The smallest absolute Gasteiger partial charge is 0.312 e. The van der Waals surface area contributed by atoms with Crippen LogP contribution in [0.25, 0.3) is 10.4 Å². The van der Waals surface area contributed by atoms with Gasteiger partial charge in [0.1, 0.15) is 0 Å². The average Bonchev–Trinajstić information content (AvgIpc) is 2.26. The Labute approximate surface area is 141 Å². The number of halogens is 3. The van der Waals surface area contributed by atoms with Crippen LogP contribution in [0.3, 0.4) is 0 Å². The highest BCUT2D eigenvalue weighted by Crippen LogP contribution is 2.45. The molecule has 18 heavy (non-hydrogen) atoms. The van der Waals surface area contributed by atoms with Gasteiger partial charge >= 0.3 is 5.97 Å². The third kappa shape index (κ3) is 6.55. The lowest BCUT2D eigenvalue weighted by atomic mass is 10.2. The van der Waals surface area contributed by atoms with Crippen LogP contribution in [0.2, 0.25) is 0 Å². The summed E-state index contributed by atoms with van der Waals surface area (Å²) in [6.45, 7) is 5.57. The van der Waals surface area contributed by atoms with Crippen LogP contribution in [0.1, 0.15) is 13.3 Å². The molecule has 0 bridgehead atoms. The molecule has 1 atom stereocenters. The standard InChI is InChI=1S/C9H12BrI2N3O3/c1-3-17-7(16)4-5-18-9(11,12)8(2,10)6-14-15-13/h3H,1,4-6H2,2H3. The fourth-order valence-corrected chi connectivity index (χ4v) is 1.83. The Morgan fingerprint density at radius 1 is 1.67 bits per heavy atom. The zero-order valence-electron chi connectivity index (χ0n) is 9.61. The monoisotopic (exact) mass is 543 g/mol. The summed E-state index contributed by atoms with van der Waals surface area (Å²) in [6.07, 6.45) is 1.21. The molecule has 6 nitrogen and oxygen atoms in total. The lowest BCUT2D eigenvalue weighted by molar-refractivity contribution is -0.139. The van der Waals surface area contributed by atoms with Gasteiger partial charge in [-0.3, -0.25) is 4.79 Å². The Balaban J connectivity index is 4.32. The van der Waals surface area contributed by atoms with Crippen molar-refractivity contribution < 1.29 is 14.3 Å². The van der Waals surface area contributed by atoms with E-state index in [4.69, 9.17) is 10.3 Å². The predicted octanol–water partition coefficient (Wildman–Crippen LogP) is 4.07. The Bertz CT molecular complexity index is 357. The SMILES string of the molecule is C=COC(=O)CCOC(I)(I)C(C)(Br)CN=[N+]=[N-]. The molecule has 0 radical (unpaired) electrons. The molecule has 0 fully saturated rings. The number of rotatable bonds is 8. The Kier molecular flexibility index (Phi) is 8.76. The van der Waals surface area contributed by atoms with Gasteiger partial charge in [0.05, 0.1) is 23.6 Å². The van der Waals surface area contributed by atoms with Gasteiger partial charge < -0.3 is 9.47 Å². The largest absolute Gasteiger partial charge is 0.435 e. The van der Waals surface area contributed by atoms with E-state index in [0.29, 0.717) is 0 Å². The molecule has 102 valence electrons. The normalized spacial score (nSPS) is 14.2. The van der Waals surface area contributed by atoms with Crippen molar-refractivity contribution in [3.8, 4) is 0 Å². The minimum atomic E-state index is -0.662. The van der Waals surface area contributed by atoms with Crippen molar-refractivity contribution in [3.05, 3.63) is 23.3 Å². The molecule has 0 aliphatic heterocycles. The maximum Gasteiger partial charge on any atom is 0.312 e. The number of alkyl halides is 3. The van der Waals surface area contributed by atoms with E-state index in [1.54, 1.807) is 0 Å². The van der Waals surface area contributed by atoms with E-state index < -0.39 is 11.9 Å². The van der Waals surface area contributed by atoms with E-state index in [2.05, 4.69) is 82.5 Å². The molecule has 0 aliphatic rings. The molecule has 1 unspecified atom stereocenters. The molecule has 0 rings (SSSR count). The summed E-state index contributed by atoms with van der Waals surface area (Å²) >= 11 is 7.64. The zero-order chi connectivity index (χ0) is 14.2. The maximum absolute atomic E-state index is 11.1. The van der Waals surface area contributed by atoms with Crippen molar-refractivity contribution in [1.82, 2.24) is 0 Å². The molecule has 0 aromatic carbocycles. The summed E-state index contributed by atoms with van der Waals surface area (Å²) in [4.78, 5) is 13.8. The Hall–Kier alpha value is 0.420. The van der Waals surface area contributed by atoms with Crippen LogP contribution in [0.5, 0.6) is 0 Å². The van der Waals surface area contributed by atoms with Gasteiger partial charge in [-0.1, -0.05) is 27.6 Å². The van der Waals surface area contributed by atoms with E-state index in [1.807, 2.05) is 6.92 Å². The van der Waals surface area contributed by atoms with E-state index in [0.717, 1.165) is 6.26 Å². The van der Waals surface area contributed by atoms with Crippen LogP contribution < -0.4 is 0 Å². The number of carbonyl (C=O) groups is 1. The number of hydrogen-bond donors (Lipinski definition) is 0. The van der Waals surface area contributed by atoms with Crippen molar-refractivity contribution in [2.24, 2.45) is 5.11 Å². The van der Waals surface area contributed by atoms with Crippen LogP contribution in [0.4, 0.5) is 0 Å². The third-order valence-electron chi connectivity index (χ3n) is 1.84. The molecule has 0 spiro atoms. The summed E-state index contributed by atoms with van der Waals surface area (Å²) in [5.41, 5.74) is 8.32. The van der Waals surface area contributed by atoms with Crippen LogP contribution in [-0.4, -0.2) is 25.1 Å². The summed E-state index contributed by atoms with van der Waals surface area (Å²) in [5, 5.41) is 3.52. The molecular formula is C9H12BrI2N3O3. The van der Waals surface area contributed by atoms with Gasteiger partial charge in [-0.2, -0.15) is 0 Å². The van der Waals surface area contributed by atoms with Crippen molar-refractivity contribution in [2.45, 2.75) is 19.3 Å². The Morgan fingerprint density at radius 3 is 2.78 bits per heavy atom. The molecule has 0 aromatic rings. The lowest BCUT2D eigenvalue weighted by Crippen LogP contribution is -2.42. The highest BCUT2D eigenvalue weighted by atomic mass is 127. The molecule has 0 aromatic heterocycles. The fourth-order valence-electron chi connectivity index (χ4n) is 0.821. The summed E-state index contributed by atoms with van der Waals surface area (Å²) in [5.74, 6) is -0.403. The average molecular weight is 544 g/mol. The first-order chi connectivity index (χ1) is 8.27. The topological polar surface area (TPSA) is 84.3 Å². The van der Waals surface area contributed by atoms with Gasteiger partial charge in [0, 0.05) is 11.5 Å². The predicted molar refractivity (Wildman–Crippen MR) is 89.0 cm³/mol. The minimum absolute atomic E-state index is 0.129. The van der Waals surface area contributed by atoms with E-state index in [1.165, 1.54) is 0 Å². The van der Waals surface area contributed by atoms with Crippen molar-refractivity contribution >= 4 is 67.1 Å². The van der Waals surface area contributed by atoms with E-state index in [9.17, 15) is 4.79 Å². The molecule has 0 aliphatic carbocycles. The van der Waals surface area contributed by atoms with Crippen LogP contribution in [0.15, 0.2) is 18.0 Å². The number of nitrogens with zero attached hydrogens (tertiary/aromatic N) is 3. The minimum Gasteiger partial charge on any atom is -0.435 e. The second kappa shape index (κ2) is 8.56. The van der Waals surface area contributed by atoms with Crippen molar-refractivity contribution in [2.75, 3.05) is 13.2 Å². The first-order valence-electron chi connectivity index (χ1n) is 4.79. The van der Waals surface area contributed by atoms with Gasteiger partial charge in [0.25, 0.3) is 0 Å². The van der Waals surface area contributed by atoms with E-state index in [-0.39, 0.29) is 19.6 Å². The molecule has 0 saturated carbocycles. The molecule has 9 heteroatoms. The zero-order valence-corrected chi connectivity index (χ0v) is 15.5. The highest BCUT2D eigenvalue weighted by Gasteiger charge is 2.43. The number of carbonyl (C=O) groups excluding carboxylic acids is 1.